The molecule has 0 unspecified atom stereocenters. The fraction of sp³-hybridized carbons (Fsp3) is 0.385. The Morgan fingerprint density at radius 2 is 2.14 bits per heavy atom. The molecular weight excluding hydrogens is 172 g/mol. The Hall–Kier alpha value is -1.11. The van der Waals surface area contributed by atoms with Gasteiger partial charge in [-0.2, -0.15) is 0 Å². The zero-order valence-electron chi connectivity index (χ0n) is 8.75. The van der Waals surface area contributed by atoms with Gasteiger partial charge in [-0.1, -0.05) is 38.0 Å². The number of Topliss-reactive ketones (excluding diaryl/α,β-unsaturated/α-hetero) is 1. The van der Waals surface area contributed by atoms with Crippen molar-refractivity contribution in [2.24, 2.45) is 0 Å². The van der Waals surface area contributed by atoms with Crippen LogP contribution in [0.2, 0.25) is 0 Å². The molecule has 0 heterocycles. The van der Waals surface area contributed by atoms with Crippen LogP contribution in [0.3, 0.4) is 0 Å². The van der Waals surface area contributed by atoms with Gasteiger partial charge >= 0.3 is 0 Å². The van der Waals surface area contributed by atoms with Crippen LogP contribution in [0.5, 0.6) is 0 Å². The molecule has 0 saturated heterocycles. The topological polar surface area (TPSA) is 17.1 Å². The first-order chi connectivity index (χ1) is 6.74. The summed E-state index contributed by atoms with van der Waals surface area (Å²) in [5.74, 6) is 0.143. The minimum atomic E-state index is 0.143. The smallest absolute Gasteiger partial charge is 0.159 e. The Bertz CT molecular complexity index is 302. The number of rotatable bonds is 5. The zero-order chi connectivity index (χ0) is 10.4. The van der Waals surface area contributed by atoms with Crippen LogP contribution < -0.4 is 0 Å². The van der Waals surface area contributed by atoms with Gasteiger partial charge in [-0.25, -0.2) is 0 Å². The van der Waals surface area contributed by atoms with Crippen LogP contribution in [0.15, 0.2) is 24.3 Å². The molecule has 1 nitrogen and oxygen atoms in total. The number of aryl methyl sites for hydroxylation is 1. The van der Waals surface area contributed by atoms with Crippen molar-refractivity contribution in [3.05, 3.63) is 42.3 Å². The highest BCUT2D eigenvalue weighted by atomic mass is 16.1. The Morgan fingerprint density at radius 1 is 1.36 bits per heavy atom. The second-order valence-corrected chi connectivity index (χ2v) is 3.57. The molecule has 1 rings (SSSR count). The summed E-state index contributed by atoms with van der Waals surface area (Å²) in [6.45, 7) is 5.41. The molecule has 1 heteroatoms. The van der Waals surface area contributed by atoms with Crippen LogP contribution in [0.25, 0.3) is 0 Å². The average molecular weight is 189 g/mol. The Labute approximate surface area is 86.1 Å². The number of unbranched alkanes of at least 4 members (excludes halogenated alkanes) is 2. The monoisotopic (exact) mass is 189 g/mol. The number of carbonyl (C=O) groups is 1. The van der Waals surface area contributed by atoms with Gasteiger partial charge in [0.15, 0.2) is 5.78 Å². The van der Waals surface area contributed by atoms with Crippen molar-refractivity contribution >= 4 is 5.78 Å². The third-order valence-electron chi connectivity index (χ3n) is 2.30. The van der Waals surface area contributed by atoms with Crippen molar-refractivity contribution in [1.29, 1.82) is 0 Å². The highest BCUT2D eigenvalue weighted by Gasteiger charge is 1.99. The predicted octanol–water partition coefficient (Wildman–Crippen LogP) is 3.44. The van der Waals surface area contributed by atoms with Crippen molar-refractivity contribution < 1.29 is 4.79 Å². The number of hydrogen-bond acceptors (Lipinski definition) is 1. The summed E-state index contributed by atoms with van der Waals surface area (Å²) in [7, 11) is 0. The molecule has 1 aromatic carbocycles. The van der Waals surface area contributed by atoms with Crippen LogP contribution >= 0.6 is 0 Å². The molecule has 0 fully saturated rings. The van der Waals surface area contributed by atoms with Crippen LogP contribution in [-0.2, 0) is 6.42 Å². The van der Waals surface area contributed by atoms with Crippen molar-refractivity contribution in [3.8, 4) is 0 Å². The van der Waals surface area contributed by atoms with E-state index in [4.69, 9.17) is 0 Å². The lowest BCUT2D eigenvalue weighted by atomic mass is 10.0. The second-order valence-electron chi connectivity index (χ2n) is 3.57. The van der Waals surface area contributed by atoms with Crippen molar-refractivity contribution in [3.63, 3.8) is 0 Å². The molecule has 0 atom stereocenters. The van der Waals surface area contributed by atoms with E-state index in [2.05, 4.69) is 13.0 Å². The van der Waals surface area contributed by atoms with Crippen molar-refractivity contribution in [2.75, 3.05) is 0 Å². The van der Waals surface area contributed by atoms with E-state index < -0.39 is 0 Å². The van der Waals surface area contributed by atoms with Gasteiger partial charge in [-0.15, -0.1) is 0 Å². The largest absolute Gasteiger partial charge is 0.295 e. The molecular formula is C13H17O. The highest BCUT2D eigenvalue weighted by Crippen LogP contribution is 2.09. The molecule has 0 amide bonds. The molecule has 1 aromatic rings. The Kier molecular flexibility index (Phi) is 4.37. The molecule has 14 heavy (non-hydrogen) atoms. The lowest BCUT2D eigenvalue weighted by molar-refractivity contribution is 0.101. The van der Waals surface area contributed by atoms with Gasteiger partial charge in [-0.3, -0.25) is 4.79 Å². The maximum atomic E-state index is 11.1. The average Bonchev–Trinajstić information content (AvgIpc) is 2.19. The van der Waals surface area contributed by atoms with Gasteiger partial charge in [0.25, 0.3) is 0 Å². The maximum Gasteiger partial charge on any atom is 0.159 e. The summed E-state index contributed by atoms with van der Waals surface area (Å²) in [5, 5.41) is 0. The van der Waals surface area contributed by atoms with Crippen LogP contribution in [0, 0.1) is 6.92 Å². The van der Waals surface area contributed by atoms with E-state index in [9.17, 15) is 4.79 Å². The van der Waals surface area contributed by atoms with E-state index in [1.165, 1.54) is 5.56 Å². The molecule has 0 N–H and O–H groups in total. The molecule has 0 saturated carbocycles. The van der Waals surface area contributed by atoms with Gasteiger partial charge in [-0.05, 0) is 31.4 Å². The number of hydrogen-bond donors (Lipinski definition) is 0. The zero-order valence-corrected chi connectivity index (χ0v) is 8.75. The first kappa shape index (κ1) is 11.0. The van der Waals surface area contributed by atoms with Gasteiger partial charge in [0, 0.05) is 5.56 Å². The van der Waals surface area contributed by atoms with E-state index in [1.54, 1.807) is 6.92 Å². The van der Waals surface area contributed by atoms with E-state index in [-0.39, 0.29) is 5.78 Å². The molecule has 1 radical (unpaired) electrons. The minimum Gasteiger partial charge on any atom is -0.295 e. The molecule has 0 aliphatic rings. The minimum absolute atomic E-state index is 0.143. The summed E-state index contributed by atoms with van der Waals surface area (Å²) < 4.78 is 0. The fourth-order valence-corrected chi connectivity index (χ4v) is 1.45. The summed E-state index contributed by atoms with van der Waals surface area (Å²) in [5.41, 5.74) is 2.07. The Morgan fingerprint density at radius 3 is 2.79 bits per heavy atom. The van der Waals surface area contributed by atoms with Crippen LogP contribution in [0.1, 0.15) is 42.1 Å². The summed E-state index contributed by atoms with van der Waals surface area (Å²) in [6, 6.07) is 7.89. The van der Waals surface area contributed by atoms with Crippen LogP contribution in [-0.4, -0.2) is 5.78 Å². The quantitative estimate of drug-likeness (QED) is 0.512. The molecule has 0 aliphatic carbocycles. The summed E-state index contributed by atoms with van der Waals surface area (Å²) >= 11 is 0. The first-order valence-corrected chi connectivity index (χ1v) is 5.13. The molecule has 0 spiro atoms. The normalized spacial score (nSPS) is 10.1. The van der Waals surface area contributed by atoms with Crippen LogP contribution in [0.4, 0.5) is 0 Å². The third-order valence-corrected chi connectivity index (χ3v) is 2.30. The predicted molar refractivity (Wildman–Crippen MR) is 59.4 cm³/mol. The number of benzene rings is 1. The number of ketones is 1. The Balaban J connectivity index is 2.59. The van der Waals surface area contributed by atoms with E-state index in [1.807, 2.05) is 18.2 Å². The molecule has 0 aromatic heterocycles. The summed E-state index contributed by atoms with van der Waals surface area (Å²) in [4.78, 5) is 11.1. The SMILES string of the molecule is [CH2]CCCCc1cccc(C(C)=O)c1. The standard InChI is InChI=1S/C13H17O/c1-3-4-5-7-12-8-6-9-13(10-12)11(2)14/h6,8-10H,1,3-5,7H2,2H3. The maximum absolute atomic E-state index is 11.1. The van der Waals surface area contributed by atoms with Crippen molar-refractivity contribution in [2.45, 2.75) is 32.6 Å². The fourth-order valence-electron chi connectivity index (χ4n) is 1.45. The van der Waals surface area contributed by atoms with E-state index >= 15 is 0 Å². The molecule has 0 aliphatic heterocycles. The first-order valence-electron chi connectivity index (χ1n) is 5.13. The molecule has 0 bridgehead atoms. The van der Waals surface area contributed by atoms with Gasteiger partial charge in [0.1, 0.15) is 0 Å². The van der Waals surface area contributed by atoms with E-state index in [0.717, 1.165) is 31.2 Å². The second kappa shape index (κ2) is 5.58. The number of carbonyl (C=O) groups excluding carboxylic acids is 1. The van der Waals surface area contributed by atoms with Crippen molar-refractivity contribution in [1.82, 2.24) is 0 Å². The summed E-state index contributed by atoms with van der Waals surface area (Å²) in [6.07, 6.45) is 4.36. The lowest BCUT2D eigenvalue weighted by Gasteiger charge is -2.02. The van der Waals surface area contributed by atoms with E-state index in [0.29, 0.717) is 0 Å². The third kappa shape index (κ3) is 3.33. The molecule has 75 valence electrons. The van der Waals surface area contributed by atoms with Gasteiger partial charge in [0.05, 0.1) is 0 Å². The highest BCUT2D eigenvalue weighted by molar-refractivity contribution is 5.94. The van der Waals surface area contributed by atoms with Gasteiger partial charge < -0.3 is 0 Å². The lowest BCUT2D eigenvalue weighted by Crippen LogP contribution is -1.94. The van der Waals surface area contributed by atoms with Gasteiger partial charge in [0.2, 0.25) is 0 Å².